The van der Waals surface area contributed by atoms with E-state index in [4.69, 9.17) is 11.6 Å². The molecule has 0 aromatic heterocycles. The molecule has 3 N–H and O–H groups in total. The van der Waals surface area contributed by atoms with E-state index in [9.17, 15) is 23.2 Å². The summed E-state index contributed by atoms with van der Waals surface area (Å²) in [6.07, 6.45) is 1.27. The molecule has 0 fully saturated rings. The molecule has 1 atom stereocenters. The van der Waals surface area contributed by atoms with E-state index in [1.54, 1.807) is 60.7 Å². The van der Waals surface area contributed by atoms with Crippen LogP contribution in [0.3, 0.4) is 0 Å². The Hall–Kier alpha value is -5.25. The Kier molecular flexibility index (Phi) is 10.6. The van der Waals surface area contributed by atoms with Gasteiger partial charge in [0.25, 0.3) is 11.8 Å². The Labute approximate surface area is 273 Å². The van der Waals surface area contributed by atoms with Crippen molar-refractivity contribution < 1.29 is 23.2 Å². The number of rotatable bonds is 10. The van der Waals surface area contributed by atoms with Crippen molar-refractivity contribution in [1.82, 2.24) is 5.32 Å². The first-order chi connectivity index (χ1) is 22.3. The molecule has 0 saturated carbocycles. The van der Waals surface area contributed by atoms with Crippen LogP contribution in [0.15, 0.2) is 138 Å². The van der Waals surface area contributed by atoms with Gasteiger partial charge in [-0.1, -0.05) is 78.3 Å². The van der Waals surface area contributed by atoms with Crippen molar-refractivity contribution in [3.8, 4) is 0 Å². The number of nitrogens with one attached hydrogen (secondary N) is 3. The SMILES string of the molecule is O=C(Nc1ccc(SC(C(=O)Nc2ccc(F)c(Cl)c2)c2ccccc2)cc1)/C(=C/c1ccccc1F)NC(=O)c1ccccc1. The second-order valence-electron chi connectivity index (χ2n) is 9.90. The van der Waals surface area contributed by atoms with Crippen LogP contribution in [0.4, 0.5) is 20.2 Å². The molecule has 0 bridgehead atoms. The number of hydrogen-bond donors (Lipinski definition) is 3. The zero-order chi connectivity index (χ0) is 32.5. The standard InChI is InChI=1S/C36H26ClF2N3O3S/c37-29-22-27(17-20-31(29)39)41-36(45)33(23-9-3-1-4-10-23)46-28-18-15-26(16-19-28)40-35(44)32(21-25-13-7-8-14-30(25)38)42-34(43)24-11-5-2-6-12-24/h1-22,33H,(H,40,44)(H,41,45)(H,42,43)/b32-21-. The van der Waals surface area contributed by atoms with E-state index >= 15 is 0 Å². The smallest absolute Gasteiger partial charge is 0.272 e. The molecule has 0 aliphatic carbocycles. The average Bonchev–Trinajstić information content (AvgIpc) is 3.07. The molecule has 0 spiro atoms. The zero-order valence-corrected chi connectivity index (χ0v) is 25.6. The van der Waals surface area contributed by atoms with Gasteiger partial charge in [0.1, 0.15) is 22.6 Å². The Morgan fingerprint density at radius 2 is 1.33 bits per heavy atom. The minimum Gasteiger partial charge on any atom is -0.325 e. The van der Waals surface area contributed by atoms with Crippen LogP contribution < -0.4 is 16.0 Å². The summed E-state index contributed by atoms with van der Waals surface area (Å²) in [5.74, 6) is -2.67. The summed E-state index contributed by atoms with van der Waals surface area (Å²) in [7, 11) is 0. The lowest BCUT2D eigenvalue weighted by atomic mass is 10.1. The molecule has 5 rings (SSSR count). The van der Waals surface area contributed by atoms with Gasteiger partial charge < -0.3 is 16.0 Å². The van der Waals surface area contributed by atoms with Gasteiger partial charge in [-0.2, -0.15) is 0 Å². The fourth-order valence-electron chi connectivity index (χ4n) is 4.32. The summed E-state index contributed by atoms with van der Waals surface area (Å²) >= 11 is 7.17. The van der Waals surface area contributed by atoms with E-state index in [1.165, 1.54) is 54.2 Å². The molecule has 5 aromatic carbocycles. The van der Waals surface area contributed by atoms with Gasteiger partial charge in [-0.3, -0.25) is 14.4 Å². The minimum atomic E-state index is -0.672. The highest BCUT2D eigenvalue weighted by atomic mass is 35.5. The van der Waals surface area contributed by atoms with E-state index in [0.717, 1.165) is 10.5 Å². The molecule has 0 saturated heterocycles. The molecule has 46 heavy (non-hydrogen) atoms. The van der Waals surface area contributed by atoms with Gasteiger partial charge in [0.2, 0.25) is 5.91 Å². The molecule has 10 heteroatoms. The van der Waals surface area contributed by atoms with Crippen LogP contribution in [0, 0.1) is 11.6 Å². The molecule has 1 unspecified atom stereocenters. The quantitative estimate of drug-likeness (QED) is 0.104. The topological polar surface area (TPSA) is 87.3 Å². The third-order valence-corrected chi connectivity index (χ3v) is 8.18. The van der Waals surface area contributed by atoms with Gasteiger partial charge in [0, 0.05) is 27.4 Å². The summed E-state index contributed by atoms with van der Waals surface area (Å²) in [6, 6.07) is 34.1. The van der Waals surface area contributed by atoms with Crippen LogP contribution in [0.5, 0.6) is 0 Å². The molecule has 3 amide bonds. The van der Waals surface area contributed by atoms with E-state index in [1.807, 2.05) is 30.3 Å². The third kappa shape index (κ3) is 8.47. The molecule has 6 nitrogen and oxygen atoms in total. The van der Waals surface area contributed by atoms with E-state index < -0.39 is 28.7 Å². The van der Waals surface area contributed by atoms with Crippen molar-refractivity contribution in [2.24, 2.45) is 0 Å². The van der Waals surface area contributed by atoms with Gasteiger partial charge in [0.15, 0.2) is 0 Å². The van der Waals surface area contributed by atoms with Gasteiger partial charge in [-0.05, 0) is 72.3 Å². The van der Waals surface area contributed by atoms with Crippen LogP contribution in [0.1, 0.15) is 26.7 Å². The first-order valence-electron chi connectivity index (χ1n) is 14.0. The lowest BCUT2D eigenvalue weighted by Gasteiger charge is -2.18. The molecule has 0 radical (unpaired) electrons. The summed E-state index contributed by atoms with van der Waals surface area (Å²) in [5, 5.41) is 7.35. The van der Waals surface area contributed by atoms with E-state index in [-0.39, 0.29) is 22.2 Å². The fraction of sp³-hybridized carbons (Fsp3) is 0.0278. The number of anilines is 2. The Balaban J connectivity index is 1.33. The maximum Gasteiger partial charge on any atom is 0.272 e. The summed E-state index contributed by atoms with van der Waals surface area (Å²) in [5.41, 5.74) is 1.81. The number of amides is 3. The highest BCUT2D eigenvalue weighted by Gasteiger charge is 2.23. The highest BCUT2D eigenvalue weighted by Crippen LogP contribution is 2.37. The van der Waals surface area contributed by atoms with Crippen LogP contribution in [-0.2, 0) is 9.59 Å². The lowest BCUT2D eigenvalue weighted by molar-refractivity contribution is -0.116. The molecular weight excluding hydrogens is 628 g/mol. The van der Waals surface area contributed by atoms with E-state index in [2.05, 4.69) is 16.0 Å². The van der Waals surface area contributed by atoms with Gasteiger partial charge in [-0.25, -0.2) is 8.78 Å². The average molecular weight is 654 g/mol. The summed E-state index contributed by atoms with van der Waals surface area (Å²) < 4.78 is 28.1. The van der Waals surface area contributed by atoms with Crippen molar-refractivity contribution in [2.45, 2.75) is 10.1 Å². The first-order valence-corrected chi connectivity index (χ1v) is 15.2. The Morgan fingerprint density at radius 3 is 2.00 bits per heavy atom. The second kappa shape index (κ2) is 15.2. The minimum absolute atomic E-state index is 0.106. The van der Waals surface area contributed by atoms with Crippen LogP contribution >= 0.6 is 23.4 Å². The Bertz CT molecular complexity index is 1890. The fourth-order valence-corrected chi connectivity index (χ4v) is 5.53. The zero-order valence-electron chi connectivity index (χ0n) is 24.0. The molecular formula is C36H26ClF2N3O3S. The number of benzene rings is 5. The number of thioether (sulfide) groups is 1. The summed E-state index contributed by atoms with van der Waals surface area (Å²) in [6.45, 7) is 0. The molecule has 5 aromatic rings. The number of hydrogen-bond acceptors (Lipinski definition) is 4. The van der Waals surface area contributed by atoms with Crippen molar-refractivity contribution in [3.05, 3.63) is 166 Å². The number of carbonyl (C=O) groups excluding carboxylic acids is 3. The number of halogens is 3. The van der Waals surface area contributed by atoms with Crippen LogP contribution in [0.2, 0.25) is 5.02 Å². The highest BCUT2D eigenvalue weighted by molar-refractivity contribution is 8.00. The largest absolute Gasteiger partial charge is 0.325 e. The summed E-state index contributed by atoms with van der Waals surface area (Å²) in [4.78, 5) is 40.3. The predicted octanol–water partition coefficient (Wildman–Crippen LogP) is 8.50. The van der Waals surface area contributed by atoms with Gasteiger partial charge in [-0.15, -0.1) is 11.8 Å². The third-order valence-electron chi connectivity index (χ3n) is 6.63. The van der Waals surface area contributed by atoms with Crippen molar-refractivity contribution in [3.63, 3.8) is 0 Å². The maximum absolute atomic E-state index is 14.4. The van der Waals surface area contributed by atoms with E-state index in [0.29, 0.717) is 16.9 Å². The molecule has 230 valence electrons. The van der Waals surface area contributed by atoms with Crippen LogP contribution in [0.25, 0.3) is 6.08 Å². The van der Waals surface area contributed by atoms with Crippen molar-refractivity contribution in [1.29, 1.82) is 0 Å². The van der Waals surface area contributed by atoms with Crippen molar-refractivity contribution in [2.75, 3.05) is 10.6 Å². The normalized spacial score (nSPS) is 11.8. The second-order valence-corrected chi connectivity index (χ2v) is 11.5. The van der Waals surface area contributed by atoms with Crippen molar-refractivity contribution >= 4 is 58.5 Å². The Morgan fingerprint density at radius 1 is 0.696 bits per heavy atom. The first kappa shape index (κ1) is 32.2. The molecule has 0 aliphatic rings. The molecule has 0 heterocycles. The monoisotopic (exact) mass is 653 g/mol. The predicted molar refractivity (Wildman–Crippen MR) is 178 cm³/mol. The van der Waals surface area contributed by atoms with Gasteiger partial charge in [0.05, 0.1) is 5.02 Å². The maximum atomic E-state index is 14.4. The van der Waals surface area contributed by atoms with Gasteiger partial charge >= 0.3 is 0 Å². The molecule has 0 aliphatic heterocycles. The number of carbonyl (C=O) groups is 3. The van der Waals surface area contributed by atoms with Crippen LogP contribution in [-0.4, -0.2) is 17.7 Å². The lowest BCUT2D eigenvalue weighted by Crippen LogP contribution is -2.30.